The van der Waals surface area contributed by atoms with Gasteiger partial charge in [0.2, 0.25) is 0 Å². The number of nitrogens with zero attached hydrogens (tertiary/aromatic N) is 1. The molecule has 0 aliphatic carbocycles. The quantitative estimate of drug-likeness (QED) is 0.611. The largest absolute Gasteiger partial charge is 0.434 e. The maximum Gasteiger partial charge on any atom is 0.387 e. The van der Waals surface area contributed by atoms with E-state index in [1.807, 2.05) is 0 Å². The normalized spacial score (nSPS) is 10.4. The Hall–Kier alpha value is -3.23. The molecule has 2 amide bonds. The number of benzene rings is 2. The number of amides is 2. The number of hydrogen-bond acceptors (Lipinski definition) is 4. The van der Waals surface area contributed by atoms with Gasteiger partial charge in [0, 0.05) is 29.4 Å². The molecule has 0 bridgehead atoms. The Morgan fingerprint density at radius 3 is 2.64 bits per heavy atom. The number of nitrogens with one attached hydrogen (secondary N) is 2. The molecule has 9 heteroatoms. The van der Waals surface area contributed by atoms with Crippen molar-refractivity contribution in [1.29, 1.82) is 0 Å². The first-order valence-corrected chi connectivity index (χ1v) is 7.19. The van der Waals surface area contributed by atoms with Crippen LogP contribution in [0.15, 0.2) is 42.5 Å². The van der Waals surface area contributed by atoms with Crippen molar-refractivity contribution in [3.8, 4) is 5.75 Å². The van der Waals surface area contributed by atoms with E-state index in [-0.39, 0.29) is 18.0 Å². The summed E-state index contributed by atoms with van der Waals surface area (Å²) in [4.78, 5) is 22.2. The van der Waals surface area contributed by atoms with E-state index in [0.29, 0.717) is 16.8 Å². The van der Waals surface area contributed by atoms with Crippen LogP contribution in [0.4, 0.5) is 25.0 Å². The molecule has 0 fully saturated rings. The van der Waals surface area contributed by atoms with Gasteiger partial charge in [-0.15, -0.1) is 0 Å². The lowest BCUT2D eigenvalue weighted by Gasteiger charge is -2.12. The average molecular weight is 351 g/mol. The monoisotopic (exact) mass is 351 g/mol. The lowest BCUT2D eigenvalue weighted by molar-refractivity contribution is -0.385. The van der Waals surface area contributed by atoms with Gasteiger partial charge >= 0.3 is 12.6 Å². The number of alkyl halides is 2. The van der Waals surface area contributed by atoms with Crippen LogP contribution in [0.3, 0.4) is 0 Å². The number of anilines is 1. The van der Waals surface area contributed by atoms with Crippen molar-refractivity contribution >= 4 is 17.4 Å². The fourth-order valence-corrected chi connectivity index (χ4v) is 2.15. The fourth-order valence-electron chi connectivity index (χ4n) is 2.15. The molecule has 0 spiro atoms. The SMILES string of the molecule is Cc1cc(NC(=O)NCc2ccccc2OC(F)F)ccc1[N+](=O)[O-]. The second-order valence-electron chi connectivity index (χ2n) is 5.05. The minimum Gasteiger partial charge on any atom is -0.434 e. The number of hydrogen-bond donors (Lipinski definition) is 2. The summed E-state index contributed by atoms with van der Waals surface area (Å²) in [7, 11) is 0. The third-order valence-electron chi connectivity index (χ3n) is 3.28. The highest BCUT2D eigenvalue weighted by Gasteiger charge is 2.12. The Labute approximate surface area is 141 Å². The minimum absolute atomic E-state index is 0.0241. The molecule has 0 saturated heterocycles. The number of urea groups is 1. The molecule has 7 nitrogen and oxygen atoms in total. The van der Waals surface area contributed by atoms with Crippen LogP contribution >= 0.6 is 0 Å². The van der Waals surface area contributed by atoms with Crippen LogP contribution in [-0.2, 0) is 6.54 Å². The molecule has 2 rings (SSSR count). The molecule has 132 valence electrons. The topological polar surface area (TPSA) is 93.5 Å². The molecule has 0 atom stereocenters. The first kappa shape index (κ1) is 18.1. The van der Waals surface area contributed by atoms with Gasteiger partial charge in [0.05, 0.1) is 4.92 Å². The Morgan fingerprint density at radius 2 is 2.00 bits per heavy atom. The van der Waals surface area contributed by atoms with Gasteiger partial charge in [-0.1, -0.05) is 18.2 Å². The summed E-state index contributed by atoms with van der Waals surface area (Å²) >= 11 is 0. The molecule has 0 aromatic heterocycles. The fraction of sp³-hybridized carbons (Fsp3) is 0.188. The molecular formula is C16H15F2N3O4. The molecule has 2 aromatic carbocycles. The van der Waals surface area contributed by atoms with Crippen LogP contribution in [0.25, 0.3) is 0 Å². The van der Waals surface area contributed by atoms with E-state index in [2.05, 4.69) is 15.4 Å². The van der Waals surface area contributed by atoms with Gasteiger partial charge in [0.15, 0.2) is 0 Å². The van der Waals surface area contributed by atoms with Gasteiger partial charge in [-0.3, -0.25) is 10.1 Å². The molecule has 2 aromatic rings. The summed E-state index contributed by atoms with van der Waals surface area (Å²) in [5.41, 5.74) is 1.11. The average Bonchev–Trinajstić information content (AvgIpc) is 2.53. The highest BCUT2D eigenvalue weighted by Crippen LogP contribution is 2.22. The Kier molecular flexibility index (Phi) is 5.83. The van der Waals surface area contributed by atoms with Crippen LogP contribution in [0.1, 0.15) is 11.1 Å². The lowest BCUT2D eigenvalue weighted by atomic mass is 10.2. The van der Waals surface area contributed by atoms with E-state index in [1.165, 1.54) is 24.3 Å². The molecule has 0 saturated carbocycles. The molecular weight excluding hydrogens is 336 g/mol. The molecule has 0 aliphatic rings. The zero-order chi connectivity index (χ0) is 18.4. The van der Waals surface area contributed by atoms with Crippen molar-refractivity contribution in [1.82, 2.24) is 5.32 Å². The van der Waals surface area contributed by atoms with Crippen molar-refractivity contribution in [3.05, 3.63) is 63.7 Å². The van der Waals surface area contributed by atoms with Crippen molar-refractivity contribution in [2.75, 3.05) is 5.32 Å². The van der Waals surface area contributed by atoms with Crippen LogP contribution in [0.2, 0.25) is 0 Å². The molecule has 0 aliphatic heterocycles. The number of halogens is 2. The van der Waals surface area contributed by atoms with E-state index in [0.717, 1.165) is 0 Å². The van der Waals surface area contributed by atoms with Gasteiger partial charge in [0.1, 0.15) is 5.75 Å². The zero-order valence-corrected chi connectivity index (χ0v) is 13.2. The number of rotatable bonds is 6. The summed E-state index contributed by atoms with van der Waals surface area (Å²) in [6, 6.07) is 9.67. The Balaban J connectivity index is 1.98. The van der Waals surface area contributed by atoms with Crippen LogP contribution in [0.5, 0.6) is 5.75 Å². The second kappa shape index (κ2) is 8.04. The second-order valence-corrected chi connectivity index (χ2v) is 5.05. The summed E-state index contributed by atoms with van der Waals surface area (Å²) in [5.74, 6) is -0.0241. The Morgan fingerprint density at radius 1 is 1.28 bits per heavy atom. The lowest BCUT2D eigenvalue weighted by Crippen LogP contribution is -2.28. The first-order valence-electron chi connectivity index (χ1n) is 7.19. The van der Waals surface area contributed by atoms with Gasteiger partial charge in [-0.25, -0.2) is 4.79 Å². The molecule has 0 heterocycles. The highest BCUT2D eigenvalue weighted by atomic mass is 19.3. The predicted octanol–water partition coefficient (Wildman–Crippen LogP) is 3.83. The smallest absolute Gasteiger partial charge is 0.387 e. The number of aryl methyl sites for hydroxylation is 1. The minimum atomic E-state index is -2.96. The van der Waals surface area contributed by atoms with Crippen molar-refractivity contribution < 1.29 is 23.2 Å². The summed E-state index contributed by atoms with van der Waals surface area (Å²) < 4.78 is 29.1. The van der Waals surface area contributed by atoms with E-state index in [1.54, 1.807) is 25.1 Å². The maximum atomic E-state index is 12.3. The zero-order valence-electron chi connectivity index (χ0n) is 13.2. The van der Waals surface area contributed by atoms with E-state index in [9.17, 15) is 23.7 Å². The molecule has 25 heavy (non-hydrogen) atoms. The highest BCUT2D eigenvalue weighted by molar-refractivity contribution is 5.89. The third kappa shape index (κ3) is 5.13. The number of nitro benzene ring substituents is 1. The number of nitro groups is 1. The van der Waals surface area contributed by atoms with Gasteiger partial charge in [-0.2, -0.15) is 8.78 Å². The first-order chi connectivity index (χ1) is 11.9. The standard InChI is InChI=1S/C16H15F2N3O4/c1-10-8-12(6-7-13(10)21(23)24)20-16(22)19-9-11-4-2-3-5-14(11)25-15(17)18/h2-8,15H,9H2,1H3,(H2,19,20,22). The molecule has 2 N–H and O–H groups in total. The maximum absolute atomic E-state index is 12.3. The number of carbonyl (C=O) groups is 1. The number of ether oxygens (including phenoxy) is 1. The Bertz CT molecular complexity index is 784. The summed E-state index contributed by atoms with van der Waals surface area (Å²) in [5, 5.41) is 15.8. The predicted molar refractivity (Wildman–Crippen MR) is 86.8 cm³/mol. The molecule has 0 radical (unpaired) electrons. The number of carbonyl (C=O) groups excluding carboxylic acids is 1. The van der Waals surface area contributed by atoms with E-state index < -0.39 is 17.6 Å². The van der Waals surface area contributed by atoms with Crippen molar-refractivity contribution in [3.63, 3.8) is 0 Å². The van der Waals surface area contributed by atoms with Crippen LogP contribution < -0.4 is 15.4 Å². The van der Waals surface area contributed by atoms with E-state index in [4.69, 9.17) is 0 Å². The summed E-state index contributed by atoms with van der Waals surface area (Å²) in [6.45, 7) is -1.43. The van der Waals surface area contributed by atoms with Crippen molar-refractivity contribution in [2.24, 2.45) is 0 Å². The van der Waals surface area contributed by atoms with Gasteiger partial charge in [-0.05, 0) is 25.1 Å². The van der Waals surface area contributed by atoms with E-state index >= 15 is 0 Å². The van der Waals surface area contributed by atoms with Crippen molar-refractivity contribution in [2.45, 2.75) is 20.1 Å². The summed E-state index contributed by atoms with van der Waals surface area (Å²) in [6.07, 6.45) is 0. The van der Waals surface area contributed by atoms with Gasteiger partial charge in [0.25, 0.3) is 5.69 Å². The van der Waals surface area contributed by atoms with Gasteiger partial charge < -0.3 is 15.4 Å². The van der Waals surface area contributed by atoms with Crippen LogP contribution in [0, 0.1) is 17.0 Å². The third-order valence-corrected chi connectivity index (χ3v) is 3.28. The molecule has 0 unspecified atom stereocenters. The number of para-hydroxylation sites is 1. The van der Waals surface area contributed by atoms with Crippen LogP contribution in [-0.4, -0.2) is 17.6 Å².